The molecule has 0 saturated carbocycles. The summed E-state index contributed by atoms with van der Waals surface area (Å²) in [6.45, 7) is 6.53. The molecule has 2 nitrogen and oxygen atoms in total. The Morgan fingerprint density at radius 3 is 3.00 bits per heavy atom. The molecule has 0 heterocycles. The molecule has 0 unspecified atom stereocenters. The van der Waals surface area contributed by atoms with Gasteiger partial charge in [0.05, 0.1) is 11.8 Å². The number of thiocarbonyl (C=S) groups is 1. The molecule has 3 heteroatoms. The molecule has 0 amide bonds. The van der Waals surface area contributed by atoms with Crippen LogP contribution in [-0.4, -0.2) is 18.3 Å². The highest BCUT2D eigenvalue weighted by atomic mass is 32.1. The first kappa shape index (κ1) is 8.34. The van der Waals surface area contributed by atoms with E-state index in [0.717, 1.165) is 0 Å². The normalized spacial score (nSPS) is 7.67. The summed E-state index contributed by atoms with van der Waals surface area (Å²) in [5.74, 6) is 0.634. The van der Waals surface area contributed by atoms with E-state index in [-0.39, 0.29) is 0 Å². The van der Waals surface area contributed by atoms with Crippen LogP contribution >= 0.6 is 12.2 Å². The second-order valence-corrected chi connectivity index (χ2v) is 1.56. The minimum Gasteiger partial charge on any atom is -0.497 e. The number of ether oxygens (including phenoxy) is 1. The summed E-state index contributed by atoms with van der Waals surface area (Å²) in [5, 5.41) is 2.22. The Hall–Kier alpha value is -0.660. The SMILES string of the molecule is C=C(CN=C=S)OCC. The predicted octanol–water partition coefficient (Wildman–Crippen LogP) is 1.64. The number of isothiocyanates is 1. The minimum atomic E-state index is 0.428. The van der Waals surface area contributed by atoms with Crippen LogP contribution in [0.3, 0.4) is 0 Å². The summed E-state index contributed by atoms with van der Waals surface area (Å²) < 4.78 is 4.97. The molecule has 0 aromatic carbocycles. The van der Waals surface area contributed by atoms with E-state index >= 15 is 0 Å². The number of rotatable bonds is 4. The first-order chi connectivity index (χ1) is 4.31. The van der Waals surface area contributed by atoms with E-state index in [4.69, 9.17) is 4.74 Å². The molecule has 0 saturated heterocycles. The van der Waals surface area contributed by atoms with Gasteiger partial charge in [0.2, 0.25) is 0 Å². The summed E-state index contributed by atoms with van der Waals surface area (Å²) in [6.07, 6.45) is 0. The lowest BCUT2D eigenvalue weighted by atomic mass is 10.6. The van der Waals surface area contributed by atoms with E-state index in [1.807, 2.05) is 6.92 Å². The van der Waals surface area contributed by atoms with Crippen LogP contribution in [0.4, 0.5) is 0 Å². The van der Waals surface area contributed by atoms with Crippen molar-refractivity contribution in [1.82, 2.24) is 0 Å². The van der Waals surface area contributed by atoms with Crippen LogP contribution < -0.4 is 0 Å². The van der Waals surface area contributed by atoms with E-state index in [2.05, 4.69) is 29.0 Å². The lowest BCUT2D eigenvalue weighted by molar-refractivity contribution is 0.228. The number of hydrogen-bond donors (Lipinski definition) is 0. The molecule has 0 rings (SSSR count). The molecule has 0 atom stereocenters. The Bertz CT molecular complexity index is 138. The van der Waals surface area contributed by atoms with Gasteiger partial charge in [0, 0.05) is 0 Å². The highest BCUT2D eigenvalue weighted by molar-refractivity contribution is 7.78. The van der Waals surface area contributed by atoms with Gasteiger partial charge in [-0.2, -0.15) is 0 Å². The lowest BCUT2D eigenvalue weighted by Gasteiger charge is -2.00. The average molecular weight is 143 g/mol. The van der Waals surface area contributed by atoms with Crippen molar-refractivity contribution in [3.05, 3.63) is 12.3 Å². The van der Waals surface area contributed by atoms with Crippen LogP contribution in [-0.2, 0) is 4.74 Å². The molecular weight excluding hydrogens is 134 g/mol. The Morgan fingerprint density at radius 1 is 1.89 bits per heavy atom. The maximum absolute atomic E-state index is 4.97. The first-order valence-electron chi connectivity index (χ1n) is 2.65. The van der Waals surface area contributed by atoms with Gasteiger partial charge in [-0.15, -0.1) is 0 Å². The Kier molecular flexibility index (Phi) is 5.07. The maximum atomic E-state index is 4.97. The second kappa shape index (κ2) is 5.48. The zero-order valence-electron chi connectivity index (χ0n) is 5.39. The molecular formula is C6H9NOS. The Morgan fingerprint density at radius 2 is 2.56 bits per heavy atom. The summed E-state index contributed by atoms with van der Waals surface area (Å²) in [7, 11) is 0. The van der Waals surface area contributed by atoms with E-state index in [0.29, 0.717) is 18.9 Å². The molecule has 0 aliphatic rings. The highest BCUT2D eigenvalue weighted by Gasteiger charge is 1.86. The van der Waals surface area contributed by atoms with Crippen LogP contribution in [0.1, 0.15) is 6.92 Å². The van der Waals surface area contributed by atoms with Crippen molar-refractivity contribution in [1.29, 1.82) is 0 Å². The van der Waals surface area contributed by atoms with E-state index in [1.165, 1.54) is 0 Å². The van der Waals surface area contributed by atoms with Crippen molar-refractivity contribution in [2.75, 3.05) is 13.2 Å². The summed E-state index contributed by atoms with van der Waals surface area (Å²) in [6, 6.07) is 0. The van der Waals surface area contributed by atoms with Gasteiger partial charge in [-0.05, 0) is 19.1 Å². The quantitative estimate of drug-likeness (QED) is 0.339. The van der Waals surface area contributed by atoms with Crippen LogP contribution in [0.25, 0.3) is 0 Å². The topological polar surface area (TPSA) is 21.6 Å². The molecule has 50 valence electrons. The van der Waals surface area contributed by atoms with Gasteiger partial charge < -0.3 is 4.74 Å². The second-order valence-electron chi connectivity index (χ2n) is 1.38. The van der Waals surface area contributed by atoms with Gasteiger partial charge in [0.1, 0.15) is 12.3 Å². The largest absolute Gasteiger partial charge is 0.497 e. The Balaban J connectivity index is 3.38. The number of hydrogen-bond acceptors (Lipinski definition) is 3. The average Bonchev–Trinajstić information content (AvgIpc) is 1.85. The number of aliphatic imine (C=N–C) groups is 1. The molecule has 0 aliphatic carbocycles. The van der Waals surface area contributed by atoms with Crippen molar-refractivity contribution in [3.8, 4) is 0 Å². The van der Waals surface area contributed by atoms with E-state index in [1.54, 1.807) is 0 Å². The smallest absolute Gasteiger partial charge is 0.111 e. The van der Waals surface area contributed by atoms with Crippen LogP contribution in [0.5, 0.6) is 0 Å². The zero-order chi connectivity index (χ0) is 7.11. The third-order valence-corrected chi connectivity index (χ3v) is 0.798. The van der Waals surface area contributed by atoms with Crippen LogP contribution in [0, 0.1) is 0 Å². The zero-order valence-corrected chi connectivity index (χ0v) is 6.20. The Labute approximate surface area is 60.2 Å². The van der Waals surface area contributed by atoms with E-state index < -0.39 is 0 Å². The van der Waals surface area contributed by atoms with Gasteiger partial charge in [0.25, 0.3) is 0 Å². The van der Waals surface area contributed by atoms with Crippen LogP contribution in [0.2, 0.25) is 0 Å². The molecule has 0 aromatic rings. The van der Waals surface area contributed by atoms with Crippen LogP contribution in [0.15, 0.2) is 17.3 Å². The monoisotopic (exact) mass is 143 g/mol. The van der Waals surface area contributed by atoms with Crippen molar-refractivity contribution in [3.63, 3.8) is 0 Å². The predicted molar refractivity (Wildman–Crippen MR) is 40.7 cm³/mol. The van der Waals surface area contributed by atoms with Crippen molar-refractivity contribution in [2.24, 2.45) is 4.99 Å². The lowest BCUT2D eigenvalue weighted by Crippen LogP contribution is -1.92. The molecule has 0 spiro atoms. The molecule has 0 aliphatic heterocycles. The van der Waals surface area contributed by atoms with Gasteiger partial charge in [-0.25, -0.2) is 4.99 Å². The standard InChI is InChI=1S/C6H9NOS/c1-3-8-6(2)4-7-5-9/h2-4H2,1H3. The third-order valence-electron chi connectivity index (χ3n) is 0.668. The summed E-state index contributed by atoms with van der Waals surface area (Å²) in [4.78, 5) is 3.63. The highest BCUT2D eigenvalue weighted by Crippen LogP contribution is 1.91. The van der Waals surface area contributed by atoms with E-state index in [9.17, 15) is 0 Å². The van der Waals surface area contributed by atoms with Gasteiger partial charge in [0.15, 0.2) is 0 Å². The molecule has 0 N–H and O–H groups in total. The van der Waals surface area contributed by atoms with Gasteiger partial charge in [-0.1, -0.05) is 6.58 Å². The molecule has 0 fully saturated rings. The van der Waals surface area contributed by atoms with Gasteiger partial charge >= 0.3 is 0 Å². The molecule has 0 aromatic heterocycles. The third kappa shape index (κ3) is 5.21. The minimum absolute atomic E-state index is 0.428. The first-order valence-corrected chi connectivity index (χ1v) is 3.06. The van der Waals surface area contributed by atoms with Crippen molar-refractivity contribution in [2.45, 2.75) is 6.92 Å². The summed E-state index contributed by atoms with van der Waals surface area (Å²) in [5.41, 5.74) is 0. The fourth-order valence-electron chi connectivity index (χ4n) is 0.370. The van der Waals surface area contributed by atoms with Gasteiger partial charge in [-0.3, -0.25) is 0 Å². The molecule has 0 radical (unpaired) electrons. The number of nitrogens with zero attached hydrogens (tertiary/aromatic N) is 1. The summed E-state index contributed by atoms with van der Waals surface area (Å²) >= 11 is 4.34. The fourth-order valence-corrected chi connectivity index (χ4v) is 0.435. The molecule has 9 heavy (non-hydrogen) atoms. The van der Waals surface area contributed by atoms with Crippen molar-refractivity contribution < 1.29 is 4.74 Å². The maximum Gasteiger partial charge on any atom is 0.111 e. The molecule has 0 bridgehead atoms. The van der Waals surface area contributed by atoms with Crippen molar-refractivity contribution >= 4 is 17.4 Å². The fraction of sp³-hybridized carbons (Fsp3) is 0.500.